The number of nitrogens with one attached hydrogen (secondary N) is 6. The van der Waals surface area contributed by atoms with E-state index >= 15 is 0 Å². The maximum atomic E-state index is 3.75. The highest BCUT2D eigenvalue weighted by atomic mass is 15.1. The summed E-state index contributed by atoms with van der Waals surface area (Å²) < 4.78 is 0. The predicted molar refractivity (Wildman–Crippen MR) is 132 cm³/mol. The van der Waals surface area contributed by atoms with Crippen LogP contribution in [0.15, 0.2) is 71.8 Å². The van der Waals surface area contributed by atoms with Crippen LogP contribution in [0.4, 0.5) is 0 Å². The molecule has 6 heteroatoms. The molecule has 0 saturated carbocycles. The second-order valence-electron chi connectivity index (χ2n) is 8.64. The third-order valence-corrected chi connectivity index (χ3v) is 7.47. The van der Waals surface area contributed by atoms with E-state index in [1.807, 2.05) is 21.1 Å². The Hall–Kier alpha value is -2.28. The van der Waals surface area contributed by atoms with E-state index in [-0.39, 0.29) is 22.5 Å². The van der Waals surface area contributed by atoms with E-state index in [1.54, 1.807) is 0 Å². The van der Waals surface area contributed by atoms with Crippen LogP contribution in [0.5, 0.6) is 0 Å². The maximum Gasteiger partial charge on any atom is 0.0472 e. The molecule has 0 fully saturated rings. The molecule has 3 rings (SSSR count). The smallest absolute Gasteiger partial charge is 0.0472 e. The zero-order valence-electron chi connectivity index (χ0n) is 19.9. The molecule has 0 saturated heterocycles. The first-order chi connectivity index (χ1) is 15.0. The van der Waals surface area contributed by atoms with Gasteiger partial charge in [-0.15, -0.1) is 0 Å². The lowest BCUT2D eigenvalue weighted by atomic mass is 9.56. The standard InChI is InChI=1S/C25H40N6/c1-26-19-7-13-23(29-4,14-8-19)22(24(30-5)15-9-20(27-2)10-16-24)25(31-6)17-11-21(28-3)12-18-25/h7-13,15,17,22,26-31H,14,16,18H2,1-6H3. The summed E-state index contributed by atoms with van der Waals surface area (Å²) >= 11 is 0. The average Bonchev–Trinajstić information content (AvgIpc) is 2.85. The summed E-state index contributed by atoms with van der Waals surface area (Å²) in [6.45, 7) is 0. The van der Waals surface area contributed by atoms with Gasteiger partial charge in [-0.25, -0.2) is 0 Å². The van der Waals surface area contributed by atoms with Gasteiger partial charge in [0.2, 0.25) is 0 Å². The van der Waals surface area contributed by atoms with Crippen LogP contribution in [0.2, 0.25) is 0 Å². The lowest BCUT2D eigenvalue weighted by Gasteiger charge is -2.57. The molecule has 31 heavy (non-hydrogen) atoms. The number of hydrogen-bond acceptors (Lipinski definition) is 6. The van der Waals surface area contributed by atoms with Gasteiger partial charge >= 0.3 is 0 Å². The summed E-state index contributed by atoms with van der Waals surface area (Å²) in [5, 5.41) is 21.1. The molecule has 6 nitrogen and oxygen atoms in total. The summed E-state index contributed by atoms with van der Waals surface area (Å²) in [5.41, 5.74) is 2.77. The van der Waals surface area contributed by atoms with Crippen LogP contribution < -0.4 is 31.9 Å². The van der Waals surface area contributed by atoms with E-state index in [4.69, 9.17) is 0 Å². The molecule has 0 aromatic carbocycles. The molecular weight excluding hydrogens is 384 g/mol. The van der Waals surface area contributed by atoms with Gasteiger partial charge in [0.1, 0.15) is 0 Å². The highest BCUT2D eigenvalue weighted by Gasteiger charge is 2.56. The van der Waals surface area contributed by atoms with Crippen LogP contribution in [-0.4, -0.2) is 58.9 Å². The van der Waals surface area contributed by atoms with Gasteiger partial charge in [-0.1, -0.05) is 36.5 Å². The zero-order valence-corrected chi connectivity index (χ0v) is 19.9. The molecular formula is C25H40N6. The zero-order chi connectivity index (χ0) is 22.5. The Morgan fingerprint density at radius 2 is 0.839 bits per heavy atom. The van der Waals surface area contributed by atoms with E-state index in [2.05, 4.69) is 108 Å². The summed E-state index contributed by atoms with van der Waals surface area (Å²) in [7, 11) is 12.2. The molecule has 0 heterocycles. The molecule has 0 amide bonds. The van der Waals surface area contributed by atoms with Crippen LogP contribution in [0.1, 0.15) is 19.3 Å². The minimum Gasteiger partial charge on any atom is -0.388 e. The molecule has 0 aromatic heterocycles. The molecule has 3 aliphatic rings. The molecule has 0 aromatic rings. The Balaban J connectivity index is 2.16. The normalized spacial score (nSPS) is 33.3. The van der Waals surface area contributed by atoms with E-state index in [0.717, 1.165) is 36.4 Å². The van der Waals surface area contributed by atoms with Gasteiger partial charge in [-0.2, -0.15) is 0 Å². The van der Waals surface area contributed by atoms with E-state index in [1.165, 1.54) is 0 Å². The first-order valence-corrected chi connectivity index (χ1v) is 11.2. The molecule has 170 valence electrons. The third-order valence-electron chi connectivity index (χ3n) is 7.47. The van der Waals surface area contributed by atoms with Crippen LogP contribution in [-0.2, 0) is 0 Å². The quantitative estimate of drug-likeness (QED) is 0.338. The molecule has 0 radical (unpaired) electrons. The van der Waals surface area contributed by atoms with Crippen molar-refractivity contribution in [3.63, 3.8) is 0 Å². The SMILES string of the molecule is CNC1=CCC(NC)(C(C2(NC)C=CC(NC)=CC2)C2(NC)C=CC(NC)=CC2)C=C1. The molecule has 3 unspecified atom stereocenters. The van der Waals surface area contributed by atoms with Crippen molar-refractivity contribution in [2.24, 2.45) is 5.92 Å². The van der Waals surface area contributed by atoms with Crippen LogP contribution in [0.3, 0.4) is 0 Å². The first kappa shape index (κ1) is 23.4. The highest BCUT2D eigenvalue weighted by molar-refractivity contribution is 5.42. The minimum atomic E-state index is -0.239. The van der Waals surface area contributed by atoms with Crippen molar-refractivity contribution in [2.75, 3.05) is 42.3 Å². The maximum absolute atomic E-state index is 3.75. The fourth-order valence-electron chi connectivity index (χ4n) is 5.53. The van der Waals surface area contributed by atoms with Gasteiger partial charge in [0.05, 0.1) is 0 Å². The monoisotopic (exact) mass is 424 g/mol. The molecule has 0 spiro atoms. The van der Waals surface area contributed by atoms with Gasteiger partial charge in [-0.05, 0) is 58.6 Å². The van der Waals surface area contributed by atoms with E-state index in [9.17, 15) is 0 Å². The van der Waals surface area contributed by atoms with Crippen molar-refractivity contribution in [3.05, 3.63) is 71.8 Å². The molecule has 0 bridgehead atoms. The second kappa shape index (κ2) is 9.47. The Labute approximate surface area is 188 Å². The average molecular weight is 425 g/mol. The van der Waals surface area contributed by atoms with Crippen LogP contribution in [0.25, 0.3) is 0 Å². The van der Waals surface area contributed by atoms with Gasteiger partial charge < -0.3 is 31.9 Å². The van der Waals surface area contributed by atoms with Gasteiger partial charge in [0.25, 0.3) is 0 Å². The van der Waals surface area contributed by atoms with Gasteiger partial charge in [-0.3, -0.25) is 0 Å². The summed E-state index contributed by atoms with van der Waals surface area (Å²) in [5.74, 6) is 0.176. The summed E-state index contributed by atoms with van der Waals surface area (Å²) in [6, 6.07) is 0. The lowest BCUT2D eigenvalue weighted by molar-refractivity contribution is 0.0862. The lowest BCUT2D eigenvalue weighted by Crippen LogP contribution is -2.72. The van der Waals surface area contributed by atoms with Gasteiger partial charge in [0, 0.05) is 60.8 Å². The highest BCUT2D eigenvalue weighted by Crippen LogP contribution is 2.48. The van der Waals surface area contributed by atoms with Crippen molar-refractivity contribution in [1.29, 1.82) is 0 Å². The largest absolute Gasteiger partial charge is 0.388 e. The Bertz CT molecular complexity index is 726. The Morgan fingerprint density at radius 3 is 1.00 bits per heavy atom. The second-order valence-corrected chi connectivity index (χ2v) is 8.64. The molecule has 6 N–H and O–H groups in total. The summed E-state index contributed by atoms with van der Waals surface area (Å²) in [4.78, 5) is 0. The molecule has 3 atom stereocenters. The summed E-state index contributed by atoms with van der Waals surface area (Å²) in [6.07, 6.45) is 23.3. The molecule has 0 aliphatic heterocycles. The van der Waals surface area contributed by atoms with Gasteiger partial charge in [0.15, 0.2) is 0 Å². The fourth-order valence-corrected chi connectivity index (χ4v) is 5.53. The van der Waals surface area contributed by atoms with Crippen molar-refractivity contribution in [3.8, 4) is 0 Å². The van der Waals surface area contributed by atoms with E-state index < -0.39 is 0 Å². The minimum absolute atomic E-state index is 0.176. The van der Waals surface area contributed by atoms with Crippen molar-refractivity contribution in [1.82, 2.24) is 31.9 Å². The van der Waals surface area contributed by atoms with Crippen LogP contribution in [0, 0.1) is 5.92 Å². The third kappa shape index (κ3) is 4.12. The van der Waals surface area contributed by atoms with Crippen LogP contribution >= 0.6 is 0 Å². The Kier molecular flexibility index (Phi) is 7.14. The fraction of sp³-hybridized carbons (Fsp3) is 0.520. The van der Waals surface area contributed by atoms with Crippen molar-refractivity contribution in [2.45, 2.75) is 35.9 Å². The van der Waals surface area contributed by atoms with E-state index in [0.29, 0.717) is 0 Å². The number of allylic oxidation sites excluding steroid dienone is 3. The van der Waals surface area contributed by atoms with Crippen molar-refractivity contribution < 1.29 is 0 Å². The first-order valence-electron chi connectivity index (χ1n) is 11.2. The Morgan fingerprint density at radius 1 is 0.548 bits per heavy atom. The molecule has 3 aliphatic carbocycles. The number of rotatable bonds is 9. The topological polar surface area (TPSA) is 72.2 Å². The number of likely N-dealkylation sites (N-methyl/N-ethyl adjacent to an activating group) is 6. The predicted octanol–water partition coefficient (Wildman–Crippen LogP) is 1.67. The number of hydrogen-bond donors (Lipinski definition) is 6. The van der Waals surface area contributed by atoms with Crippen molar-refractivity contribution >= 4 is 0 Å².